The third-order valence-corrected chi connectivity index (χ3v) is 3.51. The summed E-state index contributed by atoms with van der Waals surface area (Å²) in [6.07, 6.45) is 4.56. The van der Waals surface area contributed by atoms with E-state index in [1.54, 1.807) is 6.33 Å². The van der Waals surface area contributed by atoms with Crippen molar-refractivity contribution in [2.45, 2.75) is 13.3 Å². The van der Waals surface area contributed by atoms with Gasteiger partial charge in [0.1, 0.15) is 4.64 Å². The first-order valence-electron chi connectivity index (χ1n) is 5.94. The van der Waals surface area contributed by atoms with E-state index in [9.17, 15) is 0 Å². The molecule has 0 unspecified atom stereocenters. The first kappa shape index (κ1) is 11.2. The number of benzene rings is 1. The molecule has 0 atom stereocenters. The highest BCUT2D eigenvalue weighted by atomic mass is 32.1. The quantitative estimate of drug-likeness (QED) is 0.683. The van der Waals surface area contributed by atoms with Gasteiger partial charge in [0.05, 0.1) is 12.0 Å². The molecule has 2 heterocycles. The number of H-pyrrole nitrogens is 2. The summed E-state index contributed by atoms with van der Waals surface area (Å²) >= 11 is 5.29. The van der Waals surface area contributed by atoms with Crippen LogP contribution in [-0.4, -0.2) is 15.0 Å². The minimum Gasteiger partial charge on any atom is -0.360 e. The zero-order chi connectivity index (χ0) is 12.5. The molecule has 0 saturated heterocycles. The summed E-state index contributed by atoms with van der Waals surface area (Å²) in [4.78, 5) is 10.7. The Morgan fingerprint density at radius 1 is 1.22 bits per heavy atom. The van der Waals surface area contributed by atoms with E-state index in [1.807, 2.05) is 18.3 Å². The summed E-state index contributed by atoms with van der Waals surface area (Å²) in [6.45, 7) is 2.10. The average molecular weight is 255 g/mol. The maximum atomic E-state index is 5.29. The van der Waals surface area contributed by atoms with Crippen molar-refractivity contribution in [2.24, 2.45) is 0 Å². The smallest absolute Gasteiger partial charge is 0.133 e. The van der Waals surface area contributed by atoms with Crippen LogP contribution in [-0.2, 0) is 6.42 Å². The molecule has 18 heavy (non-hydrogen) atoms. The van der Waals surface area contributed by atoms with Crippen LogP contribution in [0.4, 0.5) is 0 Å². The van der Waals surface area contributed by atoms with E-state index < -0.39 is 0 Å². The SMILES string of the molecule is CCc1c(-c2c[nH]c3ccccc23)[nH]cnc1=S. The van der Waals surface area contributed by atoms with Gasteiger partial charge in [0.2, 0.25) is 0 Å². The molecular formula is C14H13N3S. The summed E-state index contributed by atoms with van der Waals surface area (Å²) < 4.78 is 0.677. The number of aromatic amines is 2. The summed E-state index contributed by atoms with van der Waals surface area (Å²) in [6, 6.07) is 8.25. The lowest BCUT2D eigenvalue weighted by Crippen LogP contribution is -1.94. The Morgan fingerprint density at radius 2 is 2.06 bits per heavy atom. The van der Waals surface area contributed by atoms with Gasteiger partial charge in [-0.3, -0.25) is 0 Å². The monoisotopic (exact) mass is 255 g/mol. The zero-order valence-corrected chi connectivity index (χ0v) is 10.8. The molecule has 1 aromatic carbocycles. The Bertz CT molecular complexity index is 755. The third kappa shape index (κ3) is 1.66. The maximum Gasteiger partial charge on any atom is 0.133 e. The third-order valence-electron chi connectivity index (χ3n) is 3.16. The van der Waals surface area contributed by atoms with Crippen LogP contribution in [0.15, 0.2) is 36.8 Å². The van der Waals surface area contributed by atoms with E-state index in [-0.39, 0.29) is 0 Å². The number of hydrogen-bond donors (Lipinski definition) is 2. The molecule has 90 valence electrons. The molecule has 3 rings (SSSR count). The first-order chi connectivity index (χ1) is 8.81. The fourth-order valence-electron chi connectivity index (χ4n) is 2.27. The van der Waals surface area contributed by atoms with Crippen LogP contribution in [0.1, 0.15) is 12.5 Å². The maximum absolute atomic E-state index is 5.29. The van der Waals surface area contributed by atoms with Crippen LogP contribution in [0.2, 0.25) is 0 Å². The van der Waals surface area contributed by atoms with Crippen molar-refractivity contribution >= 4 is 23.1 Å². The highest BCUT2D eigenvalue weighted by molar-refractivity contribution is 7.71. The van der Waals surface area contributed by atoms with Gasteiger partial charge in [0.25, 0.3) is 0 Å². The second-order valence-electron chi connectivity index (χ2n) is 4.16. The summed E-state index contributed by atoms with van der Waals surface area (Å²) in [5.74, 6) is 0. The molecule has 0 aliphatic carbocycles. The van der Waals surface area contributed by atoms with Gasteiger partial charge in [-0.25, -0.2) is 4.98 Å². The van der Waals surface area contributed by atoms with Gasteiger partial charge in [-0.2, -0.15) is 0 Å². The Balaban J connectivity index is 2.33. The molecule has 2 aromatic heterocycles. The number of fused-ring (bicyclic) bond motifs is 1. The molecule has 0 bridgehead atoms. The van der Waals surface area contributed by atoms with Crippen molar-refractivity contribution in [3.05, 3.63) is 47.0 Å². The molecule has 0 aliphatic rings. The average Bonchev–Trinajstić information content (AvgIpc) is 2.82. The number of nitrogens with one attached hydrogen (secondary N) is 2. The van der Waals surface area contributed by atoms with E-state index in [4.69, 9.17) is 12.2 Å². The molecule has 3 nitrogen and oxygen atoms in total. The molecule has 0 spiro atoms. The summed E-state index contributed by atoms with van der Waals surface area (Å²) in [5, 5.41) is 1.20. The normalized spacial score (nSPS) is 10.9. The van der Waals surface area contributed by atoms with E-state index in [2.05, 4.69) is 34.0 Å². The number of nitrogens with zero attached hydrogens (tertiary/aromatic N) is 1. The predicted octanol–water partition coefficient (Wildman–Crippen LogP) is 3.85. The van der Waals surface area contributed by atoms with Gasteiger partial charge >= 0.3 is 0 Å². The van der Waals surface area contributed by atoms with Crippen molar-refractivity contribution in [1.82, 2.24) is 15.0 Å². The molecular weight excluding hydrogens is 242 g/mol. The molecule has 0 aliphatic heterocycles. The second kappa shape index (κ2) is 4.38. The van der Waals surface area contributed by atoms with Crippen molar-refractivity contribution in [3.63, 3.8) is 0 Å². The molecule has 4 heteroatoms. The largest absolute Gasteiger partial charge is 0.360 e. The molecule has 2 N–H and O–H groups in total. The Hall–Kier alpha value is -1.94. The van der Waals surface area contributed by atoms with Crippen LogP contribution in [0.25, 0.3) is 22.2 Å². The zero-order valence-electron chi connectivity index (χ0n) is 10.0. The number of hydrogen-bond acceptors (Lipinski definition) is 2. The molecule has 3 aromatic rings. The standard InChI is InChI=1S/C14H13N3S/c1-2-9-13(16-8-17-14(9)18)11-7-15-12-6-4-3-5-10(11)12/h3-8,15H,2H2,1H3,(H,16,17,18). The topological polar surface area (TPSA) is 44.5 Å². The van der Waals surface area contributed by atoms with Crippen molar-refractivity contribution in [1.29, 1.82) is 0 Å². The van der Waals surface area contributed by atoms with Crippen molar-refractivity contribution in [2.75, 3.05) is 0 Å². The van der Waals surface area contributed by atoms with Crippen LogP contribution in [0.5, 0.6) is 0 Å². The van der Waals surface area contributed by atoms with Crippen molar-refractivity contribution < 1.29 is 0 Å². The lowest BCUT2D eigenvalue weighted by atomic mass is 10.0. The lowest BCUT2D eigenvalue weighted by Gasteiger charge is -2.06. The van der Waals surface area contributed by atoms with Gasteiger partial charge < -0.3 is 9.97 Å². The number of rotatable bonds is 2. The lowest BCUT2D eigenvalue weighted by molar-refractivity contribution is 1.04. The van der Waals surface area contributed by atoms with Crippen molar-refractivity contribution in [3.8, 4) is 11.3 Å². The van der Waals surface area contributed by atoms with Crippen LogP contribution in [0, 0.1) is 4.64 Å². The van der Waals surface area contributed by atoms with Crippen LogP contribution < -0.4 is 0 Å². The summed E-state index contributed by atoms with van der Waals surface area (Å²) in [7, 11) is 0. The van der Waals surface area contributed by atoms with E-state index in [1.165, 1.54) is 5.39 Å². The fraction of sp³-hybridized carbons (Fsp3) is 0.143. The minimum absolute atomic E-state index is 0.677. The van der Waals surface area contributed by atoms with Crippen LogP contribution >= 0.6 is 12.2 Å². The fourth-order valence-corrected chi connectivity index (χ4v) is 2.57. The number of aromatic nitrogens is 3. The Morgan fingerprint density at radius 3 is 2.89 bits per heavy atom. The van der Waals surface area contributed by atoms with E-state index in [0.717, 1.165) is 28.8 Å². The molecule has 0 saturated carbocycles. The van der Waals surface area contributed by atoms with Gasteiger partial charge in [0, 0.05) is 28.2 Å². The van der Waals surface area contributed by atoms with E-state index >= 15 is 0 Å². The van der Waals surface area contributed by atoms with E-state index in [0.29, 0.717) is 4.64 Å². The first-order valence-corrected chi connectivity index (χ1v) is 6.35. The second-order valence-corrected chi connectivity index (χ2v) is 4.55. The van der Waals surface area contributed by atoms with Gasteiger partial charge in [-0.1, -0.05) is 37.3 Å². The number of para-hydroxylation sites is 1. The highest BCUT2D eigenvalue weighted by Crippen LogP contribution is 2.29. The predicted molar refractivity (Wildman–Crippen MR) is 76.1 cm³/mol. The van der Waals surface area contributed by atoms with Crippen LogP contribution in [0.3, 0.4) is 0 Å². The molecule has 0 amide bonds. The summed E-state index contributed by atoms with van der Waals surface area (Å²) in [5.41, 5.74) is 4.44. The minimum atomic E-state index is 0.677. The molecule has 0 fully saturated rings. The Kier molecular flexibility index (Phi) is 2.72. The van der Waals surface area contributed by atoms with Gasteiger partial charge in [-0.05, 0) is 12.5 Å². The van der Waals surface area contributed by atoms with Gasteiger partial charge in [-0.15, -0.1) is 0 Å². The Labute approximate surface area is 110 Å². The highest BCUT2D eigenvalue weighted by Gasteiger charge is 2.10. The molecule has 0 radical (unpaired) electrons. The van der Waals surface area contributed by atoms with Gasteiger partial charge in [0.15, 0.2) is 0 Å².